The molecule has 1 saturated carbocycles. The predicted molar refractivity (Wildman–Crippen MR) is 126 cm³/mol. The minimum atomic E-state index is -0.825. The van der Waals surface area contributed by atoms with Gasteiger partial charge in [0.05, 0.1) is 12.5 Å². The van der Waals surface area contributed by atoms with Gasteiger partial charge in [-0.1, -0.05) is 48.5 Å². The molecule has 0 spiro atoms. The van der Waals surface area contributed by atoms with Crippen LogP contribution in [0.25, 0.3) is 11.1 Å². The first-order chi connectivity index (χ1) is 16.5. The summed E-state index contributed by atoms with van der Waals surface area (Å²) in [5, 5.41) is 16.5. The van der Waals surface area contributed by atoms with Gasteiger partial charge in [-0.05, 0) is 34.6 Å². The van der Waals surface area contributed by atoms with Gasteiger partial charge in [-0.3, -0.25) is 9.59 Å². The number of amides is 2. The highest BCUT2D eigenvalue weighted by Gasteiger charge is 2.43. The van der Waals surface area contributed by atoms with Crippen LogP contribution in [0.5, 0.6) is 0 Å². The third kappa shape index (κ3) is 4.51. The van der Waals surface area contributed by atoms with Crippen molar-refractivity contribution in [1.29, 1.82) is 0 Å². The van der Waals surface area contributed by atoms with Gasteiger partial charge in [-0.2, -0.15) is 0 Å². The average molecular weight is 478 g/mol. The number of ether oxygens (including phenoxy) is 1. The summed E-state index contributed by atoms with van der Waals surface area (Å²) in [5.41, 5.74) is 4.88. The zero-order valence-electron chi connectivity index (χ0n) is 18.2. The standard InChI is InChI=1S/C25H23N3O5S/c29-23(26-10-14-9-19(14)24(30)31)21-13-34-22(28-21)11-27-25(32)33-12-20-17-7-3-1-5-15(17)16-6-2-4-8-18(16)20/h1-8,13-14,19-20H,9-12H2,(H,26,29)(H,27,32)(H,30,31)/t14-,19-/m0/s1. The molecule has 2 amide bonds. The summed E-state index contributed by atoms with van der Waals surface area (Å²) in [5.74, 6) is -1.57. The van der Waals surface area contributed by atoms with Crippen molar-refractivity contribution in [3.05, 3.63) is 75.7 Å². The van der Waals surface area contributed by atoms with Crippen molar-refractivity contribution in [1.82, 2.24) is 15.6 Å². The fourth-order valence-corrected chi connectivity index (χ4v) is 5.10. The summed E-state index contributed by atoms with van der Waals surface area (Å²) in [6.07, 6.45) is 0.0404. The van der Waals surface area contributed by atoms with Gasteiger partial charge in [0, 0.05) is 17.8 Å². The molecular formula is C25H23N3O5S. The van der Waals surface area contributed by atoms with E-state index in [4.69, 9.17) is 9.84 Å². The number of carboxylic acids is 1. The lowest BCUT2D eigenvalue weighted by Crippen LogP contribution is -2.27. The Hall–Kier alpha value is -3.72. The molecule has 34 heavy (non-hydrogen) atoms. The number of hydrogen-bond acceptors (Lipinski definition) is 6. The van der Waals surface area contributed by atoms with Crippen molar-refractivity contribution in [2.24, 2.45) is 11.8 Å². The van der Waals surface area contributed by atoms with Crippen molar-refractivity contribution in [2.45, 2.75) is 18.9 Å². The van der Waals surface area contributed by atoms with Crippen LogP contribution < -0.4 is 10.6 Å². The van der Waals surface area contributed by atoms with Crippen LogP contribution in [0.3, 0.4) is 0 Å². The van der Waals surface area contributed by atoms with Gasteiger partial charge >= 0.3 is 12.1 Å². The summed E-state index contributed by atoms with van der Waals surface area (Å²) >= 11 is 1.26. The van der Waals surface area contributed by atoms with Gasteiger partial charge in [-0.15, -0.1) is 11.3 Å². The Bertz CT molecular complexity index is 1210. The SMILES string of the molecule is O=C(NCc1nc(C(=O)NC[C@@H]2C[C@@H]2C(=O)O)cs1)OCC1c2ccccc2-c2ccccc21. The zero-order chi connectivity index (χ0) is 23.7. The number of nitrogens with zero attached hydrogens (tertiary/aromatic N) is 1. The highest BCUT2D eigenvalue weighted by molar-refractivity contribution is 7.09. The molecule has 8 nitrogen and oxygen atoms in total. The highest BCUT2D eigenvalue weighted by Crippen LogP contribution is 2.44. The smallest absolute Gasteiger partial charge is 0.407 e. The van der Waals surface area contributed by atoms with E-state index in [9.17, 15) is 14.4 Å². The summed E-state index contributed by atoms with van der Waals surface area (Å²) in [7, 11) is 0. The second kappa shape index (κ2) is 9.26. The molecule has 0 bridgehead atoms. The summed E-state index contributed by atoms with van der Waals surface area (Å²) in [6, 6.07) is 16.3. The Labute approximate surface area is 200 Å². The molecule has 2 atom stereocenters. The second-order valence-corrected chi connectivity index (χ2v) is 9.40. The number of carbonyl (C=O) groups excluding carboxylic acids is 2. The van der Waals surface area contributed by atoms with Crippen molar-refractivity contribution >= 4 is 29.3 Å². The molecule has 174 valence electrons. The minimum Gasteiger partial charge on any atom is -0.481 e. The van der Waals surface area contributed by atoms with E-state index in [0.29, 0.717) is 18.0 Å². The number of rotatable bonds is 8. The lowest BCUT2D eigenvalue weighted by Gasteiger charge is -2.14. The maximum atomic E-state index is 12.3. The molecule has 2 aliphatic rings. The molecule has 0 unspecified atom stereocenters. The Morgan fingerprint density at radius 1 is 1.03 bits per heavy atom. The summed E-state index contributed by atoms with van der Waals surface area (Å²) < 4.78 is 5.52. The number of fused-ring (bicyclic) bond motifs is 3. The van der Waals surface area contributed by atoms with Crippen molar-refractivity contribution in [3.8, 4) is 11.1 Å². The minimum absolute atomic E-state index is 0.0134. The number of aliphatic carboxylic acids is 1. The van der Waals surface area contributed by atoms with Crippen LogP contribution in [0.2, 0.25) is 0 Å². The number of alkyl carbamates (subject to hydrolysis) is 1. The summed E-state index contributed by atoms with van der Waals surface area (Å²) in [4.78, 5) is 39.7. The molecule has 0 saturated heterocycles. The van der Waals surface area contributed by atoms with E-state index in [2.05, 4.69) is 39.9 Å². The molecule has 2 aromatic carbocycles. The zero-order valence-corrected chi connectivity index (χ0v) is 19.0. The average Bonchev–Trinajstić information content (AvgIpc) is 3.36. The number of carboxylic acid groups (broad SMARTS) is 1. The first kappa shape index (κ1) is 22.1. The van der Waals surface area contributed by atoms with Gasteiger partial charge < -0.3 is 20.5 Å². The van der Waals surface area contributed by atoms with Gasteiger partial charge in [0.15, 0.2) is 0 Å². The lowest BCUT2D eigenvalue weighted by atomic mass is 9.98. The molecule has 0 aliphatic heterocycles. The fraction of sp³-hybridized carbons (Fsp3) is 0.280. The van der Waals surface area contributed by atoms with Crippen molar-refractivity contribution in [2.75, 3.05) is 13.2 Å². The Balaban J connectivity index is 1.11. The molecular weight excluding hydrogens is 454 g/mol. The monoisotopic (exact) mass is 477 g/mol. The quantitative estimate of drug-likeness (QED) is 0.456. The second-order valence-electron chi connectivity index (χ2n) is 8.46. The molecule has 5 rings (SSSR count). The van der Waals surface area contributed by atoms with Crippen molar-refractivity contribution in [3.63, 3.8) is 0 Å². The van der Waals surface area contributed by atoms with Crippen LogP contribution in [-0.2, 0) is 16.1 Å². The molecule has 0 radical (unpaired) electrons. The van der Waals surface area contributed by atoms with Crippen LogP contribution in [0.1, 0.15) is 39.0 Å². The molecule has 1 fully saturated rings. The van der Waals surface area contributed by atoms with E-state index in [-0.39, 0.29) is 42.5 Å². The number of benzene rings is 2. The Morgan fingerprint density at radius 2 is 1.71 bits per heavy atom. The molecule has 1 heterocycles. The van der Waals surface area contributed by atoms with E-state index in [0.717, 1.165) is 11.1 Å². The fourth-order valence-electron chi connectivity index (χ4n) is 4.38. The lowest BCUT2D eigenvalue weighted by molar-refractivity contribution is -0.138. The maximum Gasteiger partial charge on any atom is 0.407 e. The van der Waals surface area contributed by atoms with Crippen LogP contribution >= 0.6 is 11.3 Å². The van der Waals surface area contributed by atoms with E-state index < -0.39 is 12.1 Å². The number of hydrogen-bond donors (Lipinski definition) is 3. The van der Waals surface area contributed by atoms with Crippen LogP contribution in [-0.4, -0.2) is 41.2 Å². The summed E-state index contributed by atoms with van der Waals surface area (Å²) in [6.45, 7) is 0.697. The van der Waals surface area contributed by atoms with Gasteiger partial charge in [0.1, 0.15) is 17.3 Å². The molecule has 2 aliphatic carbocycles. The Kier molecular flexibility index (Phi) is 6.02. The highest BCUT2D eigenvalue weighted by atomic mass is 32.1. The third-order valence-electron chi connectivity index (χ3n) is 6.28. The van der Waals surface area contributed by atoms with Crippen molar-refractivity contribution < 1.29 is 24.2 Å². The number of aromatic nitrogens is 1. The van der Waals surface area contributed by atoms with Gasteiger partial charge in [-0.25, -0.2) is 9.78 Å². The van der Waals surface area contributed by atoms with E-state index >= 15 is 0 Å². The first-order valence-electron chi connectivity index (χ1n) is 11.1. The molecule has 3 N–H and O–H groups in total. The Morgan fingerprint density at radius 3 is 2.35 bits per heavy atom. The normalized spacial score (nSPS) is 18.0. The largest absolute Gasteiger partial charge is 0.481 e. The van der Waals surface area contributed by atoms with Gasteiger partial charge in [0.25, 0.3) is 5.91 Å². The molecule has 3 aromatic rings. The molecule has 1 aromatic heterocycles. The van der Waals surface area contributed by atoms with E-state index in [1.807, 2.05) is 24.3 Å². The number of thiazole rings is 1. The molecule has 9 heteroatoms. The number of nitrogens with one attached hydrogen (secondary N) is 2. The first-order valence-corrected chi connectivity index (χ1v) is 11.9. The predicted octanol–water partition coefficient (Wildman–Crippen LogP) is 3.63. The van der Waals surface area contributed by atoms with Gasteiger partial charge in [0.2, 0.25) is 0 Å². The van der Waals surface area contributed by atoms with Crippen LogP contribution in [0.15, 0.2) is 53.9 Å². The maximum absolute atomic E-state index is 12.3. The van der Waals surface area contributed by atoms with Crippen LogP contribution in [0, 0.1) is 11.8 Å². The topological polar surface area (TPSA) is 118 Å². The number of carbonyl (C=O) groups is 3. The van der Waals surface area contributed by atoms with E-state index in [1.165, 1.54) is 22.5 Å². The third-order valence-corrected chi connectivity index (χ3v) is 7.13. The van der Waals surface area contributed by atoms with Crippen LogP contribution in [0.4, 0.5) is 4.79 Å². The van der Waals surface area contributed by atoms with E-state index in [1.54, 1.807) is 5.38 Å².